The van der Waals surface area contributed by atoms with E-state index in [0.717, 1.165) is 6.42 Å². The zero-order valence-corrected chi connectivity index (χ0v) is 6.88. The van der Waals surface area contributed by atoms with Crippen molar-refractivity contribution in [1.82, 2.24) is 0 Å². The highest BCUT2D eigenvalue weighted by molar-refractivity contribution is 4.90. The third-order valence-corrected chi connectivity index (χ3v) is 1.82. The van der Waals surface area contributed by atoms with Crippen LogP contribution in [-0.2, 0) is 9.47 Å². The van der Waals surface area contributed by atoms with E-state index in [4.69, 9.17) is 16.4 Å². The van der Waals surface area contributed by atoms with Gasteiger partial charge in [-0.1, -0.05) is 6.58 Å². The normalized spacial score (nSPS) is 37.5. The highest BCUT2D eigenvalue weighted by atomic mass is 16.7. The average molecular weight is 154 g/mol. The van der Waals surface area contributed by atoms with Crippen LogP contribution in [0.5, 0.6) is 0 Å². The molecule has 62 valence electrons. The lowest BCUT2D eigenvalue weighted by Crippen LogP contribution is -2.22. The Hall–Kier alpha value is -0.340. The largest absolute Gasteiger partial charge is 0.344 e. The zero-order chi connectivity index (χ0) is 8.32. The van der Waals surface area contributed by atoms with Crippen molar-refractivity contribution in [2.24, 2.45) is 0 Å². The molecule has 0 bridgehead atoms. The Balaban J connectivity index is 2.39. The van der Waals surface area contributed by atoms with Crippen LogP contribution in [0.1, 0.15) is 19.8 Å². The molecule has 1 rings (SSSR count). The predicted molar refractivity (Wildman–Crippen MR) is 43.0 cm³/mol. The van der Waals surface area contributed by atoms with Crippen LogP contribution in [-0.4, -0.2) is 18.5 Å². The number of ether oxygens (including phenoxy) is 2. The van der Waals surface area contributed by atoms with Gasteiger partial charge in [0.05, 0.1) is 12.7 Å². The minimum Gasteiger partial charge on any atom is -0.344 e. The van der Waals surface area contributed by atoms with Gasteiger partial charge < -0.3 is 9.47 Å². The monoisotopic (exact) mass is 154 g/mol. The van der Waals surface area contributed by atoms with Gasteiger partial charge >= 0.3 is 0 Å². The molecule has 0 aromatic carbocycles. The van der Waals surface area contributed by atoms with Crippen molar-refractivity contribution in [3.63, 3.8) is 0 Å². The second-order valence-electron chi connectivity index (χ2n) is 2.85. The van der Waals surface area contributed by atoms with Crippen molar-refractivity contribution >= 4 is 0 Å². The topological polar surface area (TPSA) is 18.5 Å². The molecule has 2 unspecified atom stereocenters. The quantitative estimate of drug-likeness (QED) is 0.577. The van der Waals surface area contributed by atoms with Gasteiger partial charge in [0.25, 0.3) is 0 Å². The maximum absolute atomic E-state index is 5.52. The molecule has 1 fully saturated rings. The highest BCUT2D eigenvalue weighted by Crippen LogP contribution is 2.25. The summed E-state index contributed by atoms with van der Waals surface area (Å²) in [5.41, 5.74) is 0. The van der Waals surface area contributed by atoms with E-state index in [9.17, 15) is 0 Å². The van der Waals surface area contributed by atoms with E-state index < -0.39 is 5.79 Å². The predicted octanol–water partition coefficient (Wildman–Crippen LogP) is 1.80. The van der Waals surface area contributed by atoms with E-state index in [1.54, 1.807) is 6.08 Å². The van der Waals surface area contributed by atoms with Crippen LogP contribution < -0.4 is 0 Å². The lowest BCUT2D eigenvalue weighted by atomic mass is 10.2. The van der Waals surface area contributed by atoms with Gasteiger partial charge in [0, 0.05) is 0 Å². The molecule has 11 heavy (non-hydrogen) atoms. The van der Waals surface area contributed by atoms with Crippen molar-refractivity contribution in [1.29, 1.82) is 0 Å². The first-order chi connectivity index (χ1) is 5.20. The van der Waals surface area contributed by atoms with Crippen LogP contribution in [0.3, 0.4) is 0 Å². The molecule has 0 saturated carbocycles. The van der Waals surface area contributed by atoms with E-state index in [1.165, 1.54) is 0 Å². The van der Waals surface area contributed by atoms with Crippen molar-refractivity contribution in [2.75, 3.05) is 6.61 Å². The van der Waals surface area contributed by atoms with Crippen LogP contribution in [0.25, 0.3) is 0 Å². The van der Waals surface area contributed by atoms with Crippen molar-refractivity contribution in [3.8, 4) is 0 Å². The molecule has 2 radical (unpaired) electrons. The molecule has 0 N–H and O–H groups in total. The van der Waals surface area contributed by atoms with Crippen molar-refractivity contribution in [2.45, 2.75) is 31.7 Å². The van der Waals surface area contributed by atoms with Crippen LogP contribution in [0.15, 0.2) is 12.7 Å². The Kier molecular flexibility index (Phi) is 2.68. The first-order valence-electron chi connectivity index (χ1n) is 3.85. The van der Waals surface area contributed by atoms with Crippen LogP contribution >= 0.6 is 0 Å². The molecule has 0 aromatic heterocycles. The first-order valence-corrected chi connectivity index (χ1v) is 3.85. The summed E-state index contributed by atoms with van der Waals surface area (Å²) in [6, 6.07) is 0. The third kappa shape index (κ3) is 2.04. The third-order valence-electron chi connectivity index (χ3n) is 1.82. The van der Waals surface area contributed by atoms with Gasteiger partial charge in [0.15, 0.2) is 5.79 Å². The van der Waals surface area contributed by atoms with E-state index in [0.29, 0.717) is 13.0 Å². The van der Waals surface area contributed by atoms with Crippen LogP contribution in [0.2, 0.25) is 0 Å². The summed E-state index contributed by atoms with van der Waals surface area (Å²) in [7, 11) is 0. The van der Waals surface area contributed by atoms with Gasteiger partial charge in [0.2, 0.25) is 0 Å². The number of hydrogen-bond donors (Lipinski definition) is 0. The molecule has 2 nitrogen and oxygen atoms in total. The molecular formula is C9H14O2. The van der Waals surface area contributed by atoms with E-state index in [-0.39, 0.29) is 6.10 Å². The van der Waals surface area contributed by atoms with Gasteiger partial charge in [-0.25, -0.2) is 0 Å². The number of hydrogen-bond acceptors (Lipinski definition) is 2. The first kappa shape index (κ1) is 8.75. The summed E-state index contributed by atoms with van der Waals surface area (Å²) >= 11 is 0. The van der Waals surface area contributed by atoms with E-state index in [2.05, 4.69) is 6.58 Å². The molecule has 1 saturated heterocycles. The van der Waals surface area contributed by atoms with Crippen molar-refractivity contribution in [3.05, 3.63) is 19.6 Å². The molecular weight excluding hydrogens is 140 g/mol. The van der Waals surface area contributed by atoms with Crippen molar-refractivity contribution < 1.29 is 9.47 Å². The van der Waals surface area contributed by atoms with Crippen LogP contribution in [0.4, 0.5) is 0 Å². The molecule has 1 aliphatic rings. The summed E-state index contributed by atoms with van der Waals surface area (Å²) in [6.45, 7) is 11.5. The minimum absolute atomic E-state index is 0.142. The smallest absolute Gasteiger partial charge is 0.185 e. The lowest BCUT2D eigenvalue weighted by Gasteiger charge is -2.17. The van der Waals surface area contributed by atoms with E-state index in [1.807, 2.05) is 6.92 Å². The molecule has 2 heteroatoms. The summed E-state index contributed by atoms with van der Waals surface area (Å²) < 4.78 is 10.9. The Morgan fingerprint density at radius 3 is 3.00 bits per heavy atom. The second-order valence-corrected chi connectivity index (χ2v) is 2.85. The van der Waals surface area contributed by atoms with Gasteiger partial charge in [-0.2, -0.15) is 0 Å². The Morgan fingerprint density at radius 1 is 1.82 bits per heavy atom. The summed E-state index contributed by atoms with van der Waals surface area (Å²) in [5.74, 6) is -0.583. The van der Waals surface area contributed by atoms with Gasteiger partial charge in [-0.15, -0.1) is 0 Å². The maximum Gasteiger partial charge on any atom is 0.185 e. The molecule has 1 aliphatic heterocycles. The van der Waals surface area contributed by atoms with Gasteiger partial charge in [0.1, 0.15) is 0 Å². The SMILES string of the molecule is [CH]CCC1COC(C)(C=C)O1. The standard InChI is InChI=1S/C9H14O2/c1-4-6-8-7-10-9(3,5-2)11-8/h1,5,8H,2,4,6-7H2,3H3. The maximum atomic E-state index is 5.52. The lowest BCUT2D eigenvalue weighted by molar-refractivity contribution is -0.114. The molecule has 1 heterocycles. The Bertz CT molecular complexity index is 144. The molecule has 0 amide bonds. The van der Waals surface area contributed by atoms with Gasteiger partial charge in [-0.3, -0.25) is 0 Å². The fourth-order valence-electron chi connectivity index (χ4n) is 1.09. The molecule has 0 aliphatic carbocycles. The minimum atomic E-state index is -0.583. The molecule has 0 aromatic rings. The van der Waals surface area contributed by atoms with E-state index >= 15 is 0 Å². The highest BCUT2D eigenvalue weighted by Gasteiger charge is 2.33. The fourth-order valence-corrected chi connectivity index (χ4v) is 1.09. The molecule has 2 atom stereocenters. The second kappa shape index (κ2) is 3.37. The van der Waals surface area contributed by atoms with Gasteiger partial charge in [-0.05, 0) is 32.8 Å². The summed E-state index contributed by atoms with van der Waals surface area (Å²) in [4.78, 5) is 0. The summed E-state index contributed by atoms with van der Waals surface area (Å²) in [6.07, 6.45) is 3.30. The average Bonchev–Trinajstić information content (AvgIpc) is 2.35. The Morgan fingerprint density at radius 2 is 2.55 bits per heavy atom. The molecule has 0 spiro atoms. The summed E-state index contributed by atoms with van der Waals surface area (Å²) in [5, 5.41) is 0. The Labute approximate surface area is 68.2 Å². The fraction of sp³-hybridized carbons (Fsp3) is 0.667. The van der Waals surface area contributed by atoms with Crippen LogP contribution in [0, 0.1) is 6.92 Å². The number of rotatable bonds is 3. The zero-order valence-electron chi connectivity index (χ0n) is 6.88.